The van der Waals surface area contributed by atoms with E-state index in [-0.39, 0.29) is 11.2 Å². The number of hydrogen-bond donors (Lipinski definition) is 1. The lowest BCUT2D eigenvalue weighted by Crippen LogP contribution is -2.51. The summed E-state index contributed by atoms with van der Waals surface area (Å²) in [6, 6.07) is 0.591. The molecule has 2 unspecified atom stereocenters. The second-order valence-electron chi connectivity index (χ2n) is 7.68. The fourth-order valence-corrected chi connectivity index (χ4v) is 4.92. The molecule has 1 saturated heterocycles. The summed E-state index contributed by atoms with van der Waals surface area (Å²) < 4.78 is 12.1. The third-order valence-corrected chi connectivity index (χ3v) is 6.53. The summed E-state index contributed by atoms with van der Waals surface area (Å²) in [6.45, 7) is 0.961. The average molecular weight is 295 g/mol. The zero-order valence-corrected chi connectivity index (χ0v) is 14.0. The monoisotopic (exact) mass is 295 g/mol. The van der Waals surface area contributed by atoms with Crippen molar-refractivity contribution in [1.82, 2.24) is 5.32 Å². The summed E-state index contributed by atoms with van der Waals surface area (Å²) in [6.07, 6.45) is 14.2. The number of rotatable bonds is 5. The highest BCUT2D eigenvalue weighted by Gasteiger charge is 2.44. The van der Waals surface area contributed by atoms with Crippen molar-refractivity contribution in [2.75, 3.05) is 20.8 Å². The van der Waals surface area contributed by atoms with E-state index in [0.29, 0.717) is 6.04 Å². The highest BCUT2D eigenvalue weighted by molar-refractivity contribution is 4.98. The number of methoxy groups -OCH3 is 1. The van der Waals surface area contributed by atoms with Crippen LogP contribution in [0.2, 0.25) is 0 Å². The Morgan fingerprint density at radius 3 is 2.48 bits per heavy atom. The molecule has 122 valence electrons. The number of ether oxygens (including phenoxy) is 2. The first-order chi connectivity index (χ1) is 10.2. The zero-order chi connectivity index (χ0) is 14.8. The van der Waals surface area contributed by atoms with Gasteiger partial charge in [-0.1, -0.05) is 19.3 Å². The van der Waals surface area contributed by atoms with E-state index in [4.69, 9.17) is 9.47 Å². The first-order valence-corrected chi connectivity index (χ1v) is 9.07. The maximum Gasteiger partial charge on any atom is 0.0693 e. The SMILES string of the molecule is CNC(CC1(OC)CCC1)C1CCOC2(CCCCC2)C1. The van der Waals surface area contributed by atoms with Gasteiger partial charge in [0.1, 0.15) is 0 Å². The van der Waals surface area contributed by atoms with Gasteiger partial charge in [0.15, 0.2) is 0 Å². The fourth-order valence-electron chi connectivity index (χ4n) is 4.92. The maximum absolute atomic E-state index is 6.27. The molecule has 1 N–H and O–H groups in total. The van der Waals surface area contributed by atoms with Gasteiger partial charge in [0.25, 0.3) is 0 Å². The molecule has 2 aliphatic carbocycles. The van der Waals surface area contributed by atoms with Crippen molar-refractivity contribution in [2.24, 2.45) is 5.92 Å². The lowest BCUT2D eigenvalue weighted by molar-refractivity contribution is -0.131. The quantitative estimate of drug-likeness (QED) is 0.839. The highest BCUT2D eigenvalue weighted by Crippen LogP contribution is 2.45. The van der Waals surface area contributed by atoms with Gasteiger partial charge in [-0.25, -0.2) is 0 Å². The van der Waals surface area contributed by atoms with Crippen molar-refractivity contribution in [3.05, 3.63) is 0 Å². The maximum atomic E-state index is 6.27. The predicted molar refractivity (Wildman–Crippen MR) is 85.5 cm³/mol. The van der Waals surface area contributed by atoms with E-state index in [1.165, 1.54) is 70.6 Å². The van der Waals surface area contributed by atoms with E-state index in [9.17, 15) is 0 Å². The highest BCUT2D eigenvalue weighted by atomic mass is 16.5. The van der Waals surface area contributed by atoms with E-state index >= 15 is 0 Å². The smallest absolute Gasteiger partial charge is 0.0693 e. The van der Waals surface area contributed by atoms with Crippen molar-refractivity contribution in [3.63, 3.8) is 0 Å². The molecule has 1 heterocycles. The predicted octanol–water partition coefficient (Wildman–Crippen LogP) is 3.66. The van der Waals surface area contributed by atoms with Gasteiger partial charge >= 0.3 is 0 Å². The van der Waals surface area contributed by atoms with E-state index in [1.807, 2.05) is 7.11 Å². The second kappa shape index (κ2) is 6.55. The summed E-state index contributed by atoms with van der Waals surface area (Å²) in [4.78, 5) is 0. The Morgan fingerprint density at radius 1 is 1.14 bits per heavy atom. The zero-order valence-electron chi connectivity index (χ0n) is 14.0. The number of hydrogen-bond acceptors (Lipinski definition) is 3. The molecular weight excluding hydrogens is 262 g/mol. The van der Waals surface area contributed by atoms with Gasteiger partial charge in [-0.2, -0.15) is 0 Å². The van der Waals surface area contributed by atoms with Gasteiger partial charge in [0, 0.05) is 19.8 Å². The van der Waals surface area contributed by atoms with Crippen LogP contribution in [0.25, 0.3) is 0 Å². The molecule has 1 aliphatic heterocycles. The molecule has 0 bridgehead atoms. The third-order valence-electron chi connectivity index (χ3n) is 6.53. The Bertz CT molecular complexity index is 323. The Balaban J connectivity index is 1.63. The minimum Gasteiger partial charge on any atom is -0.378 e. The molecule has 3 nitrogen and oxygen atoms in total. The summed E-state index contributed by atoms with van der Waals surface area (Å²) >= 11 is 0. The van der Waals surface area contributed by atoms with Crippen LogP contribution in [0.1, 0.15) is 70.6 Å². The first kappa shape index (κ1) is 15.8. The normalized spacial score (nSPS) is 32.6. The van der Waals surface area contributed by atoms with E-state index < -0.39 is 0 Å². The molecule has 0 aromatic carbocycles. The minimum atomic E-state index is 0.172. The molecular formula is C18H33NO2. The van der Waals surface area contributed by atoms with Gasteiger partial charge in [0.2, 0.25) is 0 Å². The van der Waals surface area contributed by atoms with Crippen molar-refractivity contribution >= 4 is 0 Å². The summed E-state index contributed by atoms with van der Waals surface area (Å²) in [5.41, 5.74) is 0.391. The van der Waals surface area contributed by atoms with Crippen LogP contribution in [-0.4, -0.2) is 38.0 Å². The molecule has 0 aromatic heterocycles. The van der Waals surface area contributed by atoms with Crippen LogP contribution < -0.4 is 5.32 Å². The van der Waals surface area contributed by atoms with Crippen molar-refractivity contribution in [2.45, 2.75) is 87.9 Å². The average Bonchev–Trinajstić information content (AvgIpc) is 2.48. The van der Waals surface area contributed by atoms with E-state index in [1.54, 1.807) is 0 Å². The van der Waals surface area contributed by atoms with Crippen LogP contribution in [0, 0.1) is 5.92 Å². The van der Waals surface area contributed by atoms with Gasteiger partial charge < -0.3 is 14.8 Å². The summed E-state index contributed by atoms with van der Waals surface area (Å²) in [5, 5.41) is 3.62. The summed E-state index contributed by atoms with van der Waals surface area (Å²) in [5.74, 6) is 0.759. The van der Waals surface area contributed by atoms with Crippen molar-refractivity contribution < 1.29 is 9.47 Å². The molecule has 0 radical (unpaired) electrons. The largest absolute Gasteiger partial charge is 0.378 e. The van der Waals surface area contributed by atoms with Crippen LogP contribution in [0.3, 0.4) is 0 Å². The third kappa shape index (κ3) is 3.30. The van der Waals surface area contributed by atoms with Crippen LogP contribution >= 0.6 is 0 Å². The van der Waals surface area contributed by atoms with Crippen LogP contribution in [0.15, 0.2) is 0 Å². The van der Waals surface area contributed by atoms with Crippen LogP contribution in [0.5, 0.6) is 0 Å². The minimum absolute atomic E-state index is 0.172. The van der Waals surface area contributed by atoms with Gasteiger partial charge in [-0.15, -0.1) is 0 Å². The van der Waals surface area contributed by atoms with Gasteiger partial charge in [-0.3, -0.25) is 0 Å². The topological polar surface area (TPSA) is 30.5 Å². The van der Waals surface area contributed by atoms with Gasteiger partial charge in [0.05, 0.1) is 11.2 Å². The Labute approximate surface area is 130 Å². The number of nitrogens with one attached hydrogen (secondary N) is 1. The molecule has 2 saturated carbocycles. The molecule has 1 spiro atoms. The first-order valence-electron chi connectivity index (χ1n) is 9.07. The molecule has 0 aromatic rings. The molecule has 0 amide bonds. The molecule has 3 aliphatic rings. The molecule has 2 atom stereocenters. The van der Waals surface area contributed by atoms with Crippen molar-refractivity contribution in [1.29, 1.82) is 0 Å². The molecule has 21 heavy (non-hydrogen) atoms. The molecule has 3 rings (SSSR count). The lowest BCUT2D eigenvalue weighted by Gasteiger charge is -2.48. The molecule has 3 heteroatoms. The van der Waals surface area contributed by atoms with E-state index in [2.05, 4.69) is 12.4 Å². The second-order valence-corrected chi connectivity index (χ2v) is 7.68. The Kier molecular flexibility index (Phi) is 4.92. The van der Waals surface area contributed by atoms with Crippen molar-refractivity contribution in [3.8, 4) is 0 Å². The lowest BCUT2D eigenvalue weighted by atomic mass is 9.69. The molecule has 3 fully saturated rings. The summed E-state index contributed by atoms with van der Waals surface area (Å²) in [7, 11) is 4.04. The fraction of sp³-hybridized carbons (Fsp3) is 1.00. The Hall–Kier alpha value is -0.120. The van der Waals surface area contributed by atoms with Crippen LogP contribution in [-0.2, 0) is 9.47 Å². The standard InChI is InChI=1S/C18H33NO2/c1-19-16(14-17(20-2)10-6-11-17)15-7-12-21-18(13-15)8-4-3-5-9-18/h15-16,19H,3-14H2,1-2H3. The Morgan fingerprint density at radius 2 is 1.90 bits per heavy atom. The van der Waals surface area contributed by atoms with Gasteiger partial charge in [-0.05, 0) is 64.3 Å². The van der Waals surface area contributed by atoms with E-state index in [0.717, 1.165) is 12.5 Å². The van der Waals surface area contributed by atoms with Crippen LogP contribution in [0.4, 0.5) is 0 Å².